The number of Topliss-reactive ketones (excluding diaryl/α,β-unsaturated/α-hetero) is 1. The van der Waals surface area contributed by atoms with E-state index in [0.717, 1.165) is 37.3 Å². The number of ketones is 1. The Morgan fingerprint density at radius 1 is 1.19 bits per heavy atom. The van der Waals surface area contributed by atoms with Gasteiger partial charge in [0.1, 0.15) is 0 Å². The number of likely N-dealkylation sites (N-methyl/N-ethyl adjacent to an activating group) is 1. The summed E-state index contributed by atoms with van der Waals surface area (Å²) in [6.07, 6.45) is 4.90. The molecule has 0 N–H and O–H groups in total. The van der Waals surface area contributed by atoms with E-state index < -0.39 is 0 Å². The molecule has 1 aromatic carbocycles. The van der Waals surface area contributed by atoms with Crippen molar-refractivity contribution in [1.82, 2.24) is 9.47 Å². The summed E-state index contributed by atoms with van der Waals surface area (Å²) < 4.78 is 2.24. The van der Waals surface area contributed by atoms with Crippen molar-refractivity contribution in [3.8, 4) is 0 Å². The zero-order chi connectivity index (χ0) is 14.8. The third kappa shape index (κ3) is 2.66. The Balaban J connectivity index is 2.04. The van der Waals surface area contributed by atoms with Gasteiger partial charge in [0.25, 0.3) is 0 Å². The van der Waals surface area contributed by atoms with Crippen LogP contribution in [0.5, 0.6) is 0 Å². The lowest BCUT2D eigenvalue weighted by Gasteiger charge is -2.26. The summed E-state index contributed by atoms with van der Waals surface area (Å²) in [6.45, 7) is 7.91. The minimum atomic E-state index is 0.299. The first-order valence-corrected chi connectivity index (χ1v) is 7.77. The van der Waals surface area contributed by atoms with E-state index in [1.807, 2.05) is 0 Å². The molecule has 21 heavy (non-hydrogen) atoms. The second-order valence-electron chi connectivity index (χ2n) is 5.60. The molecule has 3 nitrogen and oxygen atoms in total. The van der Waals surface area contributed by atoms with Gasteiger partial charge in [-0.2, -0.15) is 0 Å². The number of hydrogen-bond donors (Lipinski definition) is 0. The standard InChI is InChI=1S/C18H22N2O/c1-3-19-10-9-18(21)15(12-19)11-14-13-20(4-2)17-8-6-5-7-16(14)17/h5-8,11,13H,3-4,9-10,12H2,1-2H3/b15-11+. The fourth-order valence-electron chi connectivity index (χ4n) is 3.06. The van der Waals surface area contributed by atoms with Crippen LogP contribution < -0.4 is 0 Å². The quantitative estimate of drug-likeness (QED) is 0.807. The summed E-state index contributed by atoms with van der Waals surface area (Å²) in [5.41, 5.74) is 3.35. The van der Waals surface area contributed by atoms with Gasteiger partial charge in [0.2, 0.25) is 0 Å². The number of hydrogen-bond acceptors (Lipinski definition) is 2. The van der Waals surface area contributed by atoms with Crippen LogP contribution in [0.25, 0.3) is 17.0 Å². The molecule has 1 aliphatic rings. The Morgan fingerprint density at radius 2 is 2.00 bits per heavy atom. The molecule has 3 heteroatoms. The third-order valence-corrected chi connectivity index (χ3v) is 4.34. The molecule has 2 aromatic rings. The molecule has 0 radical (unpaired) electrons. The number of benzene rings is 1. The lowest BCUT2D eigenvalue weighted by molar-refractivity contribution is -0.117. The van der Waals surface area contributed by atoms with Crippen LogP contribution in [-0.4, -0.2) is 34.9 Å². The summed E-state index contributed by atoms with van der Waals surface area (Å²) in [7, 11) is 0. The fraction of sp³-hybridized carbons (Fsp3) is 0.389. The molecule has 0 atom stereocenters. The topological polar surface area (TPSA) is 25.2 Å². The molecule has 0 unspecified atom stereocenters. The van der Waals surface area contributed by atoms with E-state index in [9.17, 15) is 4.79 Å². The fourth-order valence-corrected chi connectivity index (χ4v) is 3.06. The Labute approximate surface area is 125 Å². The maximum atomic E-state index is 12.2. The molecule has 0 spiro atoms. The Kier molecular flexibility index (Phi) is 3.93. The molecule has 3 rings (SSSR count). The van der Waals surface area contributed by atoms with E-state index in [2.05, 4.69) is 59.9 Å². The van der Waals surface area contributed by atoms with E-state index in [0.29, 0.717) is 12.2 Å². The first-order chi connectivity index (χ1) is 10.2. The van der Waals surface area contributed by atoms with Gasteiger partial charge in [0.05, 0.1) is 0 Å². The van der Waals surface area contributed by atoms with Crippen LogP contribution in [0.4, 0.5) is 0 Å². The molecular formula is C18H22N2O. The number of rotatable bonds is 3. The van der Waals surface area contributed by atoms with Gasteiger partial charge >= 0.3 is 0 Å². The van der Waals surface area contributed by atoms with E-state index in [1.54, 1.807) is 0 Å². The smallest absolute Gasteiger partial charge is 0.161 e. The maximum absolute atomic E-state index is 12.2. The predicted molar refractivity (Wildman–Crippen MR) is 87.3 cm³/mol. The zero-order valence-corrected chi connectivity index (χ0v) is 12.8. The van der Waals surface area contributed by atoms with Crippen LogP contribution in [0.15, 0.2) is 36.0 Å². The molecule has 0 amide bonds. The van der Waals surface area contributed by atoms with Gasteiger partial charge in [-0.3, -0.25) is 9.69 Å². The lowest BCUT2D eigenvalue weighted by Crippen LogP contribution is -2.35. The highest BCUT2D eigenvalue weighted by molar-refractivity contribution is 6.03. The summed E-state index contributed by atoms with van der Waals surface area (Å²) in [4.78, 5) is 14.5. The van der Waals surface area contributed by atoms with Crippen LogP contribution >= 0.6 is 0 Å². The molecule has 1 aliphatic heterocycles. The number of aryl methyl sites for hydroxylation is 1. The van der Waals surface area contributed by atoms with Crippen molar-refractivity contribution in [2.45, 2.75) is 26.8 Å². The number of carbonyl (C=O) groups is 1. The van der Waals surface area contributed by atoms with E-state index >= 15 is 0 Å². The molecule has 2 heterocycles. The van der Waals surface area contributed by atoms with Crippen molar-refractivity contribution in [3.63, 3.8) is 0 Å². The minimum Gasteiger partial charge on any atom is -0.347 e. The summed E-state index contributed by atoms with van der Waals surface area (Å²) in [6, 6.07) is 8.40. The molecule has 0 saturated carbocycles. The number of nitrogens with zero attached hydrogens (tertiary/aromatic N) is 2. The van der Waals surface area contributed by atoms with Crippen molar-refractivity contribution in [1.29, 1.82) is 0 Å². The molecule has 1 saturated heterocycles. The Hall–Kier alpha value is -1.87. The van der Waals surface area contributed by atoms with Gasteiger partial charge in [-0.1, -0.05) is 25.1 Å². The highest BCUT2D eigenvalue weighted by Gasteiger charge is 2.20. The summed E-state index contributed by atoms with van der Waals surface area (Å²) in [5.74, 6) is 0.299. The average Bonchev–Trinajstić information content (AvgIpc) is 2.88. The van der Waals surface area contributed by atoms with Gasteiger partial charge in [-0.25, -0.2) is 0 Å². The average molecular weight is 282 g/mol. The van der Waals surface area contributed by atoms with Gasteiger partial charge in [-0.15, -0.1) is 0 Å². The summed E-state index contributed by atoms with van der Waals surface area (Å²) >= 11 is 0. The Morgan fingerprint density at radius 3 is 2.76 bits per heavy atom. The molecule has 1 fully saturated rings. The second-order valence-corrected chi connectivity index (χ2v) is 5.60. The molecular weight excluding hydrogens is 260 g/mol. The van der Waals surface area contributed by atoms with Crippen molar-refractivity contribution < 1.29 is 4.79 Å². The van der Waals surface area contributed by atoms with Crippen molar-refractivity contribution in [3.05, 3.63) is 41.6 Å². The lowest BCUT2D eigenvalue weighted by atomic mass is 10.0. The minimum absolute atomic E-state index is 0.299. The highest BCUT2D eigenvalue weighted by Crippen LogP contribution is 2.25. The van der Waals surface area contributed by atoms with Crippen molar-refractivity contribution >= 4 is 22.8 Å². The van der Waals surface area contributed by atoms with Crippen LogP contribution in [0.1, 0.15) is 25.8 Å². The molecule has 110 valence electrons. The molecule has 1 aromatic heterocycles. The third-order valence-electron chi connectivity index (χ3n) is 4.34. The van der Waals surface area contributed by atoms with E-state index in [1.165, 1.54) is 10.9 Å². The number of likely N-dealkylation sites (tertiary alicyclic amines) is 1. The number of aromatic nitrogens is 1. The summed E-state index contributed by atoms with van der Waals surface area (Å²) in [5, 5.41) is 1.23. The monoisotopic (exact) mass is 282 g/mol. The highest BCUT2D eigenvalue weighted by atomic mass is 16.1. The molecule has 0 bridgehead atoms. The van der Waals surface area contributed by atoms with E-state index in [-0.39, 0.29) is 0 Å². The zero-order valence-electron chi connectivity index (χ0n) is 12.8. The number of fused-ring (bicyclic) bond motifs is 1. The van der Waals surface area contributed by atoms with Crippen LogP contribution in [0, 0.1) is 0 Å². The van der Waals surface area contributed by atoms with Crippen molar-refractivity contribution in [2.75, 3.05) is 19.6 Å². The Bertz CT molecular complexity index is 696. The van der Waals surface area contributed by atoms with Crippen LogP contribution in [0.2, 0.25) is 0 Å². The van der Waals surface area contributed by atoms with Gasteiger partial charge in [-0.05, 0) is 25.6 Å². The van der Waals surface area contributed by atoms with Gasteiger partial charge in [0.15, 0.2) is 5.78 Å². The normalized spacial score (nSPS) is 18.8. The second kappa shape index (κ2) is 5.86. The number of carbonyl (C=O) groups excluding carboxylic acids is 1. The van der Waals surface area contributed by atoms with Crippen LogP contribution in [0.3, 0.4) is 0 Å². The maximum Gasteiger partial charge on any atom is 0.161 e. The number of para-hydroxylation sites is 1. The first-order valence-electron chi connectivity index (χ1n) is 7.77. The van der Waals surface area contributed by atoms with Crippen molar-refractivity contribution in [2.24, 2.45) is 0 Å². The number of piperidine rings is 1. The van der Waals surface area contributed by atoms with Crippen LogP contribution in [-0.2, 0) is 11.3 Å². The van der Waals surface area contributed by atoms with Gasteiger partial charge in [0, 0.05) is 54.3 Å². The predicted octanol–water partition coefficient (Wildman–Crippen LogP) is 3.34. The SMILES string of the molecule is CCN1CCC(=O)/C(=C/c2cn(CC)c3ccccc23)C1. The largest absolute Gasteiger partial charge is 0.347 e. The van der Waals surface area contributed by atoms with E-state index in [4.69, 9.17) is 0 Å². The first kappa shape index (κ1) is 14.1. The molecule has 0 aliphatic carbocycles. The van der Waals surface area contributed by atoms with Gasteiger partial charge < -0.3 is 4.57 Å².